The van der Waals surface area contributed by atoms with Crippen LogP contribution in [0, 0.1) is 5.41 Å². The van der Waals surface area contributed by atoms with Crippen molar-refractivity contribution in [1.82, 2.24) is 10.2 Å². The molecule has 0 bridgehead atoms. The number of nitrogens with one attached hydrogen (secondary N) is 1. The Hall–Kier alpha value is -2.63. The van der Waals surface area contributed by atoms with E-state index in [2.05, 4.69) is 11.9 Å². The van der Waals surface area contributed by atoms with Crippen LogP contribution in [-0.2, 0) is 16.1 Å². The summed E-state index contributed by atoms with van der Waals surface area (Å²) in [5.74, 6) is -0.792. The zero-order valence-corrected chi connectivity index (χ0v) is 16.7. The second-order valence-corrected chi connectivity index (χ2v) is 8.48. The highest BCUT2D eigenvalue weighted by atomic mass is 16.6. The molecule has 0 aliphatic carbocycles. The third kappa shape index (κ3) is 5.18. The lowest BCUT2D eigenvalue weighted by Crippen LogP contribution is -2.51. The molecule has 6 nitrogen and oxygen atoms in total. The van der Waals surface area contributed by atoms with Crippen molar-refractivity contribution in [3.63, 3.8) is 0 Å². The van der Waals surface area contributed by atoms with Gasteiger partial charge in [-0.15, -0.1) is 6.58 Å². The van der Waals surface area contributed by atoms with E-state index in [-0.39, 0.29) is 12.5 Å². The van der Waals surface area contributed by atoms with Gasteiger partial charge >= 0.3 is 6.09 Å². The Balaban J connectivity index is 2.22. The lowest BCUT2D eigenvalue weighted by molar-refractivity contribution is -0.131. The minimum atomic E-state index is -0.897. The molecule has 1 heterocycles. The fourth-order valence-electron chi connectivity index (χ4n) is 2.88. The number of hydrogen-bond donors (Lipinski definition) is 1. The molecule has 2 rings (SSSR count). The third-order valence-corrected chi connectivity index (χ3v) is 4.36. The largest absolute Gasteiger partial charge is 0.444 e. The van der Waals surface area contributed by atoms with Gasteiger partial charge in [0.2, 0.25) is 0 Å². The minimum Gasteiger partial charge on any atom is -0.444 e. The van der Waals surface area contributed by atoms with E-state index in [4.69, 9.17) is 4.74 Å². The van der Waals surface area contributed by atoms with Crippen LogP contribution in [0.1, 0.15) is 57.0 Å². The SMILES string of the molecule is C=CC(C)(C)C[C@H](NC(=O)OC(C)(C)C)C(=O)N1Cc2ccccc2C1=O. The Morgan fingerprint density at radius 3 is 2.44 bits per heavy atom. The van der Waals surface area contributed by atoms with Crippen LogP contribution in [0.5, 0.6) is 0 Å². The number of allylic oxidation sites excluding steroid dienone is 1. The lowest BCUT2D eigenvalue weighted by Gasteiger charge is -2.30. The molecule has 146 valence electrons. The van der Waals surface area contributed by atoms with E-state index >= 15 is 0 Å². The molecule has 1 aliphatic rings. The molecule has 1 N–H and O–H groups in total. The first-order valence-electron chi connectivity index (χ1n) is 9.00. The average molecular weight is 372 g/mol. The normalized spacial score (nSPS) is 15.1. The second kappa shape index (κ2) is 7.55. The van der Waals surface area contributed by atoms with Gasteiger partial charge in [0.05, 0.1) is 6.54 Å². The molecule has 0 aromatic heterocycles. The summed E-state index contributed by atoms with van der Waals surface area (Å²) >= 11 is 0. The van der Waals surface area contributed by atoms with Crippen molar-refractivity contribution in [2.45, 2.75) is 59.2 Å². The number of carbonyl (C=O) groups is 3. The summed E-state index contributed by atoms with van der Waals surface area (Å²) < 4.78 is 5.29. The van der Waals surface area contributed by atoms with Gasteiger partial charge in [0.15, 0.2) is 0 Å². The molecule has 1 aliphatic heterocycles. The number of amides is 3. The number of rotatable bonds is 5. The van der Waals surface area contributed by atoms with Crippen molar-refractivity contribution in [1.29, 1.82) is 0 Å². The number of alkyl carbamates (subject to hydrolysis) is 1. The van der Waals surface area contributed by atoms with Crippen LogP contribution in [-0.4, -0.2) is 34.5 Å². The molecular weight excluding hydrogens is 344 g/mol. The molecule has 1 aromatic rings. The van der Waals surface area contributed by atoms with E-state index in [9.17, 15) is 14.4 Å². The standard InChI is InChI=1S/C21H28N2O4/c1-7-21(5,6)12-16(22-19(26)27-20(2,3)4)18(25)23-13-14-10-8-9-11-15(14)17(23)24/h7-11,16H,1,12-13H2,2-6H3,(H,22,26)/t16-/m0/s1. The number of carbonyl (C=O) groups excluding carboxylic acids is 3. The summed E-state index contributed by atoms with van der Waals surface area (Å²) in [5, 5.41) is 2.64. The average Bonchev–Trinajstić information content (AvgIpc) is 2.89. The Kier molecular flexibility index (Phi) is 5.78. The van der Waals surface area contributed by atoms with Crippen LogP contribution in [0.4, 0.5) is 4.79 Å². The Morgan fingerprint density at radius 2 is 1.89 bits per heavy atom. The van der Waals surface area contributed by atoms with E-state index in [0.717, 1.165) is 5.56 Å². The Morgan fingerprint density at radius 1 is 1.26 bits per heavy atom. The molecule has 27 heavy (non-hydrogen) atoms. The van der Waals surface area contributed by atoms with Crippen molar-refractivity contribution in [2.24, 2.45) is 5.41 Å². The van der Waals surface area contributed by atoms with Crippen LogP contribution >= 0.6 is 0 Å². The molecule has 1 atom stereocenters. The molecule has 1 aromatic carbocycles. The second-order valence-electron chi connectivity index (χ2n) is 8.48. The predicted molar refractivity (Wildman–Crippen MR) is 103 cm³/mol. The summed E-state index contributed by atoms with van der Waals surface area (Å²) in [4.78, 5) is 39.2. The first-order chi connectivity index (χ1) is 12.4. The van der Waals surface area contributed by atoms with Crippen LogP contribution in [0.3, 0.4) is 0 Å². The van der Waals surface area contributed by atoms with Gasteiger partial charge in [-0.1, -0.05) is 38.1 Å². The highest BCUT2D eigenvalue weighted by Crippen LogP contribution is 2.28. The molecule has 0 saturated heterocycles. The van der Waals surface area contributed by atoms with Crippen LogP contribution in [0.2, 0.25) is 0 Å². The molecule has 0 unspecified atom stereocenters. The van der Waals surface area contributed by atoms with Crippen molar-refractivity contribution >= 4 is 17.9 Å². The molecule has 3 amide bonds. The summed E-state index contributed by atoms with van der Waals surface area (Å²) in [6.07, 6.45) is 1.34. The predicted octanol–water partition coefficient (Wildman–Crippen LogP) is 3.66. The maximum absolute atomic E-state index is 13.1. The highest BCUT2D eigenvalue weighted by Gasteiger charge is 2.38. The third-order valence-electron chi connectivity index (χ3n) is 4.36. The van der Waals surface area contributed by atoms with Gasteiger partial charge in [-0.25, -0.2) is 4.79 Å². The van der Waals surface area contributed by atoms with E-state index in [0.29, 0.717) is 12.0 Å². The number of fused-ring (bicyclic) bond motifs is 1. The van der Waals surface area contributed by atoms with Crippen LogP contribution in [0.15, 0.2) is 36.9 Å². The first-order valence-corrected chi connectivity index (χ1v) is 9.00. The quantitative estimate of drug-likeness (QED) is 0.800. The molecule has 0 spiro atoms. The summed E-state index contributed by atoms with van der Waals surface area (Å²) in [6, 6.07) is 6.23. The molecule has 6 heteroatoms. The molecular formula is C21H28N2O4. The number of ether oxygens (including phenoxy) is 1. The Labute approximate surface area is 160 Å². The number of hydrogen-bond acceptors (Lipinski definition) is 4. The van der Waals surface area contributed by atoms with Gasteiger partial charge in [0.1, 0.15) is 11.6 Å². The maximum Gasteiger partial charge on any atom is 0.408 e. The summed E-state index contributed by atoms with van der Waals surface area (Å²) in [6.45, 7) is 13.1. The van der Waals surface area contributed by atoms with Crippen molar-refractivity contribution in [3.8, 4) is 0 Å². The molecule has 0 saturated carbocycles. The van der Waals surface area contributed by atoms with Crippen molar-refractivity contribution < 1.29 is 19.1 Å². The topological polar surface area (TPSA) is 75.7 Å². The number of benzene rings is 1. The monoisotopic (exact) mass is 372 g/mol. The van der Waals surface area contributed by atoms with Gasteiger partial charge < -0.3 is 10.1 Å². The van der Waals surface area contributed by atoms with Crippen molar-refractivity contribution in [3.05, 3.63) is 48.0 Å². The van der Waals surface area contributed by atoms with Gasteiger partial charge in [-0.2, -0.15) is 0 Å². The molecule has 0 radical (unpaired) electrons. The van der Waals surface area contributed by atoms with E-state index < -0.39 is 29.1 Å². The highest BCUT2D eigenvalue weighted by molar-refractivity contribution is 6.09. The van der Waals surface area contributed by atoms with E-state index in [1.54, 1.807) is 39.0 Å². The fraction of sp³-hybridized carbons (Fsp3) is 0.476. The smallest absolute Gasteiger partial charge is 0.408 e. The summed E-state index contributed by atoms with van der Waals surface area (Å²) in [5.41, 5.74) is 0.218. The maximum atomic E-state index is 13.1. The van der Waals surface area contributed by atoms with Crippen LogP contribution in [0.25, 0.3) is 0 Å². The number of nitrogens with zero attached hydrogens (tertiary/aromatic N) is 1. The van der Waals surface area contributed by atoms with Gasteiger partial charge in [-0.05, 0) is 44.2 Å². The summed E-state index contributed by atoms with van der Waals surface area (Å²) in [7, 11) is 0. The van der Waals surface area contributed by atoms with Gasteiger partial charge in [0.25, 0.3) is 11.8 Å². The van der Waals surface area contributed by atoms with Crippen molar-refractivity contribution in [2.75, 3.05) is 0 Å². The number of imide groups is 1. The first kappa shape index (κ1) is 20.7. The minimum absolute atomic E-state index is 0.203. The molecule has 0 fully saturated rings. The van der Waals surface area contributed by atoms with Gasteiger partial charge in [-0.3, -0.25) is 14.5 Å². The zero-order valence-electron chi connectivity index (χ0n) is 16.7. The Bertz CT molecular complexity index is 762. The van der Waals surface area contributed by atoms with Gasteiger partial charge in [0, 0.05) is 5.56 Å². The fourth-order valence-corrected chi connectivity index (χ4v) is 2.88. The van der Waals surface area contributed by atoms with Crippen LogP contribution < -0.4 is 5.32 Å². The zero-order chi connectivity index (χ0) is 20.4. The lowest BCUT2D eigenvalue weighted by atomic mass is 9.85. The van der Waals surface area contributed by atoms with E-state index in [1.165, 1.54) is 4.90 Å². The van der Waals surface area contributed by atoms with E-state index in [1.807, 2.05) is 26.0 Å².